The standard InChI is InChI=1S/C9H12N4O4S/c1-11-5-6(10-8(11)18(4,16)17)12(2)9(15)13(3)7(5)14/h1-4H3. The van der Waals surface area contributed by atoms with E-state index in [1.165, 1.54) is 25.7 Å². The summed E-state index contributed by atoms with van der Waals surface area (Å²) in [6, 6.07) is 0. The van der Waals surface area contributed by atoms with Crippen LogP contribution in [-0.4, -0.2) is 33.4 Å². The maximum atomic E-state index is 12.0. The van der Waals surface area contributed by atoms with Gasteiger partial charge in [-0.3, -0.25) is 13.9 Å². The van der Waals surface area contributed by atoms with E-state index in [4.69, 9.17) is 0 Å². The molecule has 2 aromatic rings. The Morgan fingerprint density at radius 1 is 1.00 bits per heavy atom. The summed E-state index contributed by atoms with van der Waals surface area (Å²) in [5.41, 5.74) is -0.977. The van der Waals surface area contributed by atoms with Gasteiger partial charge in [-0.05, 0) is 0 Å². The minimum atomic E-state index is -3.57. The van der Waals surface area contributed by atoms with Crippen LogP contribution in [0.4, 0.5) is 0 Å². The minimum absolute atomic E-state index is 0.0611. The zero-order valence-electron chi connectivity index (χ0n) is 10.3. The molecule has 2 aromatic heterocycles. The van der Waals surface area contributed by atoms with Gasteiger partial charge in [-0.25, -0.2) is 13.2 Å². The molecule has 0 bridgehead atoms. The molecule has 0 saturated heterocycles. The second-order valence-corrected chi connectivity index (χ2v) is 6.01. The van der Waals surface area contributed by atoms with Gasteiger partial charge in [0.05, 0.1) is 0 Å². The molecule has 0 aliphatic rings. The largest absolute Gasteiger partial charge is 0.332 e. The highest BCUT2D eigenvalue weighted by Crippen LogP contribution is 2.13. The van der Waals surface area contributed by atoms with Crippen molar-refractivity contribution in [1.29, 1.82) is 0 Å². The van der Waals surface area contributed by atoms with Crippen LogP contribution in [0.3, 0.4) is 0 Å². The predicted molar refractivity (Wildman–Crippen MR) is 64.3 cm³/mol. The Morgan fingerprint density at radius 2 is 1.56 bits per heavy atom. The maximum Gasteiger partial charge on any atom is 0.332 e. The molecule has 0 aromatic carbocycles. The van der Waals surface area contributed by atoms with Crippen molar-refractivity contribution < 1.29 is 8.42 Å². The van der Waals surface area contributed by atoms with Crippen molar-refractivity contribution >= 4 is 21.0 Å². The second kappa shape index (κ2) is 3.55. The molecule has 0 amide bonds. The summed E-state index contributed by atoms with van der Waals surface area (Å²) in [7, 11) is 0.626. The van der Waals surface area contributed by atoms with E-state index in [9.17, 15) is 18.0 Å². The molecule has 9 heteroatoms. The van der Waals surface area contributed by atoms with E-state index in [0.29, 0.717) is 0 Å². The SMILES string of the molecule is Cn1c(=O)c2c(nc(S(C)(=O)=O)n2C)n(C)c1=O. The van der Waals surface area contributed by atoms with Gasteiger partial charge in [-0.15, -0.1) is 0 Å². The lowest BCUT2D eigenvalue weighted by molar-refractivity contribution is 0.586. The summed E-state index contributed by atoms with van der Waals surface area (Å²) in [6.07, 6.45) is 0.997. The Morgan fingerprint density at radius 3 is 2.06 bits per heavy atom. The van der Waals surface area contributed by atoms with Gasteiger partial charge in [-0.1, -0.05) is 0 Å². The number of hydrogen-bond donors (Lipinski definition) is 0. The van der Waals surface area contributed by atoms with Crippen molar-refractivity contribution in [2.24, 2.45) is 21.1 Å². The third-order valence-corrected chi connectivity index (χ3v) is 3.79. The van der Waals surface area contributed by atoms with E-state index >= 15 is 0 Å². The molecule has 0 atom stereocenters. The summed E-state index contributed by atoms with van der Waals surface area (Å²) in [6.45, 7) is 0. The number of aromatic nitrogens is 4. The lowest BCUT2D eigenvalue weighted by Gasteiger charge is -2.03. The fourth-order valence-electron chi connectivity index (χ4n) is 1.83. The van der Waals surface area contributed by atoms with Crippen molar-refractivity contribution in [2.45, 2.75) is 5.16 Å². The number of fused-ring (bicyclic) bond motifs is 1. The Hall–Kier alpha value is -1.90. The van der Waals surface area contributed by atoms with Crippen LogP contribution < -0.4 is 11.2 Å². The number of rotatable bonds is 1. The van der Waals surface area contributed by atoms with Crippen LogP contribution in [0.2, 0.25) is 0 Å². The van der Waals surface area contributed by atoms with Gasteiger partial charge in [0.15, 0.2) is 11.2 Å². The average molecular weight is 272 g/mol. The molecule has 0 aliphatic carbocycles. The first kappa shape index (κ1) is 12.6. The van der Waals surface area contributed by atoms with E-state index in [1.807, 2.05) is 0 Å². The fourth-order valence-corrected chi connectivity index (χ4v) is 2.67. The summed E-state index contributed by atoms with van der Waals surface area (Å²) in [5.74, 6) is 0. The summed E-state index contributed by atoms with van der Waals surface area (Å²) in [4.78, 5) is 27.5. The van der Waals surface area contributed by atoms with Crippen LogP contribution in [0.1, 0.15) is 0 Å². The molecule has 0 N–H and O–H groups in total. The minimum Gasteiger partial charge on any atom is -0.312 e. The van der Waals surface area contributed by atoms with Crippen LogP contribution >= 0.6 is 0 Å². The van der Waals surface area contributed by atoms with Crippen molar-refractivity contribution in [1.82, 2.24) is 18.7 Å². The van der Waals surface area contributed by atoms with E-state index < -0.39 is 21.1 Å². The van der Waals surface area contributed by atoms with E-state index in [-0.39, 0.29) is 16.3 Å². The molecule has 18 heavy (non-hydrogen) atoms. The zero-order chi connectivity index (χ0) is 13.8. The van der Waals surface area contributed by atoms with Crippen molar-refractivity contribution in [3.05, 3.63) is 20.8 Å². The summed E-state index contributed by atoms with van der Waals surface area (Å²) in [5, 5.41) is -0.240. The molecular weight excluding hydrogens is 260 g/mol. The topological polar surface area (TPSA) is 96.0 Å². The monoisotopic (exact) mass is 272 g/mol. The predicted octanol–water partition coefficient (Wildman–Crippen LogP) is -1.63. The number of hydrogen-bond acceptors (Lipinski definition) is 5. The number of aryl methyl sites for hydroxylation is 2. The number of imidazole rings is 1. The van der Waals surface area contributed by atoms with Gasteiger partial charge in [-0.2, -0.15) is 4.98 Å². The quantitative estimate of drug-likeness (QED) is 0.621. The third-order valence-electron chi connectivity index (χ3n) is 2.77. The molecule has 0 radical (unpaired) electrons. The molecule has 0 fully saturated rings. The first-order valence-electron chi connectivity index (χ1n) is 4.98. The molecule has 0 saturated carbocycles. The Balaban J connectivity index is 3.19. The zero-order valence-corrected chi connectivity index (χ0v) is 11.1. The van der Waals surface area contributed by atoms with Crippen LogP contribution in [0.5, 0.6) is 0 Å². The summed E-state index contributed by atoms with van der Waals surface area (Å²) >= 11 is 0. The molecular formula is C9H12N4O4S. The first-order valence-corrected chi connectivity index (χ1v) is 6.88. The van der Waals surface area contributed by atoms with Gasteiger partial charge < -0.3 is 4.57 Å². The third kappa shape index (κ3) is 1.50. The molecule has 98 valence electrons. The lowest BCUT2D eigenvalue weighted by atomic mass is 10.5. The molecule has 2 rings (SSSR count). The summed E-state index contributed by atoms with van der Waals surface area (Å²) < 4.78 is 26.3. The van der Waals surface area contributed by atoms with Crippen LogP contribution in [0.25, 0.3) is 11.2 Å². The molecule has 8 nitrogen and oxygen atoms in total. The van der Waals surface area contributed by atoms with Crippen LogP contribution in [0, 0.1) is 0 Å². The van der Waals surface area contributed by atoms with Gasteiger partial charge >= 0.3 is 5.69 Å². The van der Waals surface area contributed by atoms with Crippen LogP contribution in [0.15, 0.2) is 14.7 Å². The van der Waals surface area contributed by atoms with Gasteiger partial charge in [0.25, 0.3) is 5.56 Å². The van der Waals surface area contributed by atoms with E-state index in [2.05, 4.69) is 4.98 Å². The second-order valence-electron chi connectivity index (χ2n) is 4.10. The Labute approximate surface area is 102 Å². The Kier molecular flexibility index (Phi) is 2.47. The fraction of sp³-hybridized carbons (Fsp3) is 0.444. The Bertz CT molecular complexity index is 869. The normalized spacial score (nSPS) is 12.2. The highest BCUT2D eigenvalue weighted by molar-refractivity contribution is 7.90. The maximum absolute atomic E-state index is 12.0. The highest BCUT2D eigenvalue weighted by atomic mass is 32.2. The van der Waals surface area contributed by atoms with Crippen molar-refractivity contribution in [3.63, 3.8) is 0 Å². The lowest BCUT2D eigenvalue weighted by Crippen LogP contribution is -2.37. The molecule has 2 heterocycles. The van der Waals surface area contributed by atoms with E-state index in [0.717, 1.165) is 15.4 Å². The van der Waals surface area contributed by atoms with Crippen LogP contribution in [-0.2, 0) is 31.0 Å². The number of sulfone groups is 1. The van der Waals surface area contributed by atoms with Crippen molar-refractivity contribution in [2.75, 3.05) is 6.26 Å². The molecule has 0 aliphatic heterocycles. The van der Waals surface area contributed by atoms with Crippen molar-refractivity contribution in [3.8, 4) is 0 Å². The average Bonchev–Trinajstić information content (AvgIpc) is 2.61. The highest BCUT2D eigenvalue weighted by Gasteiger charge is 2.22. The molecule has 0 unspecified atom stereocenters. The van der Waals surface area contributed by atoms with Gasteiger partial charge in [0.2, 0.25) is 15.0 Å². The smallest absolute Gasteiger partial charge is 0.312 e. The molecule has 0 spiro atoms. The van der Waals surface area contributed by atoms with Gasteiger partial charge in [0.1, 0.15) is 0 Å². The number of nitrogens with zero attached hydrogens (tertiary/aromatic N) is 4. The van der Waals surface area contributed by atoms with Gasteiger partial charge in [0, 0.05) is 27.4 Å². The van der Waals surface area contributed by atoms with E-state index in [1.54, 1.807) is 0 Å². The first-order chi connectivity index (χ1) is 8.16.